The molecule has 3 heteroatoms. The maximum Gasteiger partial charge on any atom is 0.120 e. The standard InChI is InChI=1S/C11H14FNO/c1-14-8-4-2-7-3-5-10(12)11(13)9(7)6-8/h2,4,6,10-11H,3,5,13H2,1H3. The van der Waals surface area contributed by atoms with Crippen LogP contribution in [0.25, 0.3) is 0 Å². The first-order chi connectivity index (χ1) is 6.72. The van der Waals surface area contributed by atoms with E-state index in [2.05, 4.69) is 0 Å². The first-order valence-corrected chi connectivity index (χ1v) is 4.79. The first-order valence-electron chi connectivity index (χ1n) is 4.79. The van der Waals surface area contributed by atoms with E-state index in [9.17, 15) is 4.39 Å². The van der Waals surface area contributed by atoms with Crippen molar-refractivity contribution in [2.24, 2.45) is 5.73 Å². The fourth-order valence-corrected chi connectivity index (χ4v) is 1.91. The Morgan fingerprint density at radius 3 is 3.00 bits per heavy atom. The topological polar surface area (TPSA) is 35.2 Å². The van der Waals surface area contributed by atoms with Crippen LogP contribution in [0.4, 0.5) is 4.39 Å². The Morgan fingerprint density at radius 1 is 1.50 bits per heavy atom. The molecule has 0 saturated carbocycles. The van der Waals surface area contributed by atoms with Crippen molar-refractivity contribution in [3.05, 3.63) is 29.3 Å². The van der Waals surface area contributed by atoms with Crippen molar-refractivity contribution in [3.63, 3.8) is 0 Å². The van der Waals surface area contributed by atoms with Crippen LogP contribution < -0.4 is 10.5 Å². The van der Waals surface area contributed by atoms with Gasteiger partial charge in [0.2, 0.25) is 0 Å². The minimum atomic E-state index is -0.922. The van der Waals surface area contributed by atoms with Gasteiger partial charge in [0.15, 0.2) is 0 Å². The fraction of sp³-hybridized carbons (Fsp3) is 0.455. The minimum Gasteiger partial charge on any atom is -0.497 e. The van der Waals surface area contributed by atoms with Crippen molar-refractivity contribution in [1.82, 2.24) is 0 Å². The number of halogens is 1. The van der Waals surface area contributed by atoms with Crippen LogP contribution in [-0.4, -0.2) is 13.3 Å². The lowest BCUT2D eigenvalue weighted by Crippen LogP contribution is -2.28. The Hall–Kier alpha value is -1.09. The van der Waals surface area contributed by atoms with Crippen LogP contribution in [0.5, 0.6) is 5.75 Å². The number of alkyl halides is 1. The lowest BCUT2D eigenvalue weighted by molar-refractivity contribution is 0.254. The quantitative estimate of drug-likeness (QED) is 0.743. The van der Waals surface area contributed by atoms with Crippen LogP contribution >= 0.6 is 0 Å². The molecule has 0 heterocycles. The summed E-state index contributed by atoms with van der Waals surface area (Å²) in [5.41, 5.74) is 7.82. The lowest BCUT2D eigenvalue weighted by atomic mass is 9.87. The summed E-state index contributed by atoms with van der Waals surface area (Å²) in [6, 6.07) is 5.21. The van der Waals surface area contributed by atoms with Gasteiger partial charge < -0.3 is 10.5 Å². The summed E-state index contributed by atoms with van der Waals surface area (Å²) in [6.07, 6.45) is 0.379. The summed E-state index contributed by atoms with van der Waals surface area (Å²) in [7, 11) is 1.60. The van der Waals surface area contributed by atoms with Crippen molar-refractivity contribution in [2.75, 3.05) is 7.11 Å². The van der Waals surface area contributed by atoms with Crippen LogP contribution in [0, 0.1) is 0 Å². The Bertz CT molecular complexity index is 340. The zero-order valence-electron chi connectivity index (χ0n) is 8.16. The number of rotatable bonds is 1. The minimum absolute atomic E-state index is 0.492. The lowest BCUT2D eigenvalue weighted by Gasteiger charge is -2.26. The molecule has 2 N–H and O–H groups in total. The van der Waals surface area contributed by atoms with Crippen LogP contribution in [0.15, 0.2) is 18.2 Å². The second kappa shape index (κ2) is 3.58. The number of methoxy groups -OCH3 is 1. The average Bonchev–Trinajstić information content (AvgIpc) is 2.23. The maximum atomic E-state index is 13.3. The highest BCUT2D eigenvalue weighted by molar-refractivity contribution is 5.39. The fourth-order valence-electron chi connectivity index (χ4n) is 1.91. The zero-order chi connectivity index (χ0) is 10.1. The predicted octanol–water partition coefficient (Wildman–Crippen LogP) is 1.98. The molecule has 1 aromatic rings. The van der Waals surface area contributed by atoms with Gasteiger partial charge in [-0.25, -0.2) is 4.39 Å². The van der Waals surface area contributed by atoms with E-state index in [4.69, 9.17) is 10.5 Å². The van der Waals surface area contributed by atoms with Gasteiger partial charge in [0, 0.05) is 0 Å². The molecule has 2 nitrogen and oxygen atoms in total. The molecule has 2 rings (SSSR count). The summed E-state index contributed by atoms with van der Waals surface area (Å²) in [6.45, 7) is 0. The number of nitrogens with two attached hydrogens (primary N) is 1. The van der Waals surface area contributed by atoms with Crippen LogP contribution in [-0.2, 0) is 6.42 Å². The second-order valence-electron chi connectivity index (χ2n) is 3.65. The highest BCUT2D eigenvalue weighted by Gasteiger charge is 2.26. The van der Waals surface area contributed by atoms with Gasteiger partial charge in [0.05, 0.1) is 13.2 Å². The van der Waals surface area contributed by atoms with Gasteiger partial charge in [-0.3, -0.25) is 0 Å². The van der Waals surface area contributed by atoms with Gasteiger partial charge in [-0.2, -0.15) is 0 Å². The molecule has 0 aromatic heterocycles. The summed E-state index contributed by atoms with van der Waals surface area (Å²) in [5.74, 6) is 0.744. The number of hydrogen-bond acceptors (Lipinski definition) is 2. The van der Waals surface area contributed by atoms with E-state index in [1.807, 2.05) is 18.2 Å². The smallest absolute Gasteiger partial charge is 0.120 e. The van der Waals surface area contributed by atoms with Gasteiger partial charge in [-0.05, 0) is 36.1 Å². The van der Waals surface area contributed by atoms with E-state index >= 15 is 0 Å². The number of aryl methyl sites for hydroxylation is 1. The molecule has 0 bridgehead atoms. The van der Waals surface area contributed by atoms with Crippen LogP contribution in [0.2, 0.25) is 0 Å². The van der Waals surface area contributed by atoms with Crippen LogP contribution in [0.1, 0.15) is 23.6 Å². The third kappa shape index (κ3) is 1.48. The molecule has 76 valence electrons. The van der Waals surface area contributed by atoms with E-state index in [1.165, 1.54) is 0 Å². The van der Waals surface area contributed by atoms with E-state index in [1.54, 1.807) is 7.11 Å². The van der Waals surface area contributed by atoms with Crippen molar-refractivity contribution in [1.29, 1.82) is 0 Å². The summed E-state index contributed by atoms with van der Waals surface area (Å²) < 4.78 is 18.4. The number of benzene rings is 1. The molecule has 14 heavy (non-hydrogen) atoms. The molecule has 1 aliphatic carbocycles. The van der Waals surface area contributed by atoms with Gasteiger partial charge >= 0.3 is 0 Å². The van der Waals surface area contributed by atoms with Crippen LogP contribution in [0.3, 0.4) is 0 Å². The van der Waals surface area contributed by atoms with Gasteiger partial charge in [0.25, 0.3) is 0 Å². The molecule has 0 radical (unpaired) electrons. The molecule has 0 fully saturated rings. The Morgan fingerprint density at radius 2 is 2.29 bits per heavy atom. The Labute approximate surface area is 82.9 Å². The Balaban J connectivity index is 2.41. The largest absolute Gasteiger partial charge is 0.497 e. The Kier molecular flexibility index (Phi) is 2.42. The molecule has 0 aliphatic heterocycles. The van der Waals surface area contributed by atoms with Gasteiger partial charge in [-0.1, -0.05) is 6.07 Å². The molecular formula is C11H14FNO. The number of hydrogen-bond donors (Lipinski definition) is 1. The number of fused-ring (bicyclic) bond motifs is 1. The number of ether oxygens (including phenoxy) is 1. The SMILES string of the molecule is COc1ccc2c(c1)C(N)C(F)CC2. The van der Waals surface area contributed by atoms with Gasteiger partial charge in [-0.15, -0.1) is 0 Å². The first kappa shape index (κ1) is 9.46. The summed E-state index contributed by atoms with van der Waals surface area (Å²) in [4.78, 5) is 0. The van der Waals surface area contributed by atoms with E-state index in [0.717, 1.165) is 23.3 Å². The molecular weight excluding hydrogens is 181 g/mol. The molecule has 0 spiro atoms. The third-order valence-electron chi connectivity index (χ3n) is 2.79. The van der Waals surface area contributed by atoms with Gasteiger partial charge in [0.1, 0.15) is 11.9 Å². The highest BCUT2D eigenvalue weighted by Crippen LogP contribution is 2.32. The van der Waals surface area contributed by atoms with Crippen molar-refractivity contribution < 1.29 is 9.13 Å². The molecule has 2 unspecified atom stereocenters. The van der Waals surface area contributed by atoms with Crippen molar-refractivity contribution in [2.45, 2.75) is 25.1 Å². The highest BCUT2D eigenvalue weighted by atomic mass is 19.1. The molecule has 1 aromatic carbocycles. The van der Waals surface area contributed by atoms with Crippen molar-refractivity contribution in [3.8, 4) is 5.75 Å². The average molecular weight is 195 g/mol. The predicted molar refractivity (Wildman–Crippen MR) is 53.1 cm³/mol. The monoisotopic (exact) mass is 195 g/mol. The van der Waals surface area contributed by atoms with E-state index in [-0.39, 0.29) is 0 Å². The summed E-state index contributed by atoms with van der Waals surface area (Å²) >= 11 is 0. The third-order valence-corrected chi connectivity index (χ3v) is 2.79. The normalized spacial score (nSPS) is 25.6. The maximum absolute atomic E-state index is 13.3. The summed E-state index contributed by atoms with van der Waals surface area (Å²) in [5, 5.41) is 0. The van der Waals surface area contributed by atoms with E-state index < -0.39 is 12.2 Å². The molecule has 0 amide bonds. The molecule has 1 aliphatic rings. The van der Waals surface area contributed by atoms with Crippen molar-refractivity contribution >= 4 is 0 Å². The zero-order valence-corrected chi connectivity index (χ0v) is 8.16. The molecule has 0 saturated heterocycles. The molecule has 2 atom stereocenters. The van der Waals surface area contributed by atoms with E-state index in [0.29, 0.717) is 6.42 Å². The second-order valence-corrected chi connectivity index (χ2v) is 3.65.